The van der Waals surface area contributed by atoms with E-state index in [4.69, 9.17) is 4.74 Å². The molecule has 0 aliphatic carbocycles. The maximum atomic E-state index is 5.98. The van der Waals surface area contributed by atoms with Gasteiger partial charge in [-0.15, -0.1) is 0 Å². The standard InChI is InChI=1S/C19H18Br2N4O/c1-4-25(3)11-23-18-9-16(21)19(24-12(18)2)26-15-5-6-17-13(8-15)7-14(20)10-22-17/h5-11H,4H2,1-3H3/b23-11+. The fraction of sp³-hybridized carbons (Fsp3) is 0.211. The zero-order chi connectivity index (χ0) is 18.7. The molecule has 0 saturated carbocycles. The Balaban J connectivity index is 1.88. The van der Waals surface area contributed by atoms with Gasteiger partial charge in [0, 0.05) is 29.6 Å². The topological polar surface area (TPSA) is 50.6 Å². The monoisotopic (exact) mass is 476 g/mol. The summed E-state index contributed by atoms with van der Waals surface area (Å²) in [7, 11) is 1.98. The third kappa shape index (κ3) is 4.40. The Morgan fingerprint density at radius 2 is 2.04 bits per heavy atom. The highest BCUT2D eigenvalue weighted by atomic mass is 79.9. The highest BCUT2D eigenvalue weighted by Gasteiger charge is 2.10. The van der Waals surface area contributed by atoms with Gasteiger partial charge in [0.25, 0.3) is 0 Å². The van der Waals surface area contributed by atoms with E-state index in [1.165, 1.54) is 0 Å². The van der Waals surface area contributed by atoms with Crippen LogP contribution in [0.1, 0.15) is 12.6 Å². The number of nitrogens with zero attached hydrogens (tertiary/aromatic N) is 4. The molecule has 2 heterocycles. The molecule has 0 fully saturated rings. The van der Waals surface area contributed by atoms with E-state index in [1.807, 2.05) is 49.2 Å². The summed E-state index contributed by atoms with van der Waals surface area (Å²) in [6, 6.07) is 9.67. The highest BCUT2D eigenvalue weighted by molar-refractivity contribution is 9.10. The maximum Gasteiger partial charge on any atom is 0.233 e. The summed E-state index contributed by atoms with van der Waals surface area (Å²) in [6.07, 6.45) is 3.57. The van der Waals surface area contributed by atoms with Crippen LogP contribution in [0, 0.1) is 6.92 Å². The molecule has 7 heteroatoms. The lowest BCUT2D eigenvalue weighted by Gasteiger charge is -2.11. The lowest BCUT2D eigenvalue weighted by atomic mass is 10.2. The Morgan fingerprint density at radius 3 is 2.81 bits per heavy atom. The number of halogens is 2. The van der Waals surface area contributed by atoms with Crippen molar-refractivity contribution in [3.63, 3.8) is 0 Å². The van der Waals surface area contributed by atoms with Gasteiger partial charge in [-0.2, -0.15) is 0 Å². The minimum absolute atomic E-state index is 0.507. The van der Waals surface area contributed by atoms with Crippen molar-refractivity contribution >= 4 is 54.8 Å². The number of hydrogen-bond donors (Lipinski definition) is 0. The fourth-order valence-electron chi connectivity index (χ4n) is 2.25. The van der Waals surface area contributed by atoms with Crippen LogP contribution in [0.25, 0.3) is 10.9 Å². The summed E-state index contributed by atoms with van der Waals surface area (Å²) in [4.78, 5) is 15.4. The molecule has 0 bridgehead atoms. The van der Waals surface area contributed by atoms with Crippen LogP contribution in [0.5, 0.6) is 11.6 Å². The minimum Gasteiger partial charge on any atom is -0.438 e. The van der Waals surface area contributed by atoms with Crippen molar-refractivity contribution in [3.8, 4) is 11.6 Å². The first-order chi connectivity index (χ1) is 12.5. The Hall–Kier alpha value is -1.99. The van der Waals surface area contributed by atoms with Gasteiger partial charge in [-0.1, -0.05) is 0 Å². The van der Waals surface area contributed by atoms with Crippen molar-refractivity contribution in [1.82, 2.24) is 14.9 Å². The van der Waals surface area contributed by atoms with Crippen molar-refractivity contribution in [2.75, 3.05) is 13.6 Å². The number of hydrogen-bond acceptors (Lipinski definition) is 4. The van der Waals surface area contributed by atoms with Crippen LogP contribution in [-0.2, 0) is 0 Å². The van der Waals surface area contributed by atoms with Gasteiger partial charge in [0.05, 0.1) is 27.7 Å². The van der Waals surface area contributed by atoms with Crippen LogP contribution < -0.4 is 4.74 Å². The molecule has 0 N–H and O–H groups in total. The fourth-order valence-corrected chi connectivity index (χ4v) is 2.99. The maximum absolute atomic E-state index is 5.98. The number of benzene rings is 1. The average molecular weight is 478 g/mol. The molecule has 3 aromatic rings. The van der Waals surface area contributed by atoms with Crippen LogP contribution in [0.4, 0.5) is 5.69 Å². The second-order valence-electron chi connectivity index (χ2n) is 5.81. The van der Waals surface area contributed by atoms with Crippen molar-refractivity contribution in [3.05, 3.63) is 51.2 Å². The number of pyridine rings is 2. The molecular weight excluding hydrogens is 460 g/mol. The van der Waals surface area contributed by atoms with Crippen molar-refractivity contribution in [2.24, 2.45) is 4.99 Å². The van der Waals surface area contributed by atoms with Gasteiger partial charge in [0.2, 0.25) is 5.88 Å². The van der Waals surface area contributed by atoms with Crippen molar-refractivity contribution in [2.45, 2.75) is 13.8 Å². The third-order valence-electron chi connectivity index (χ3n) is 3.83. The number of rotatable bonds is 5. The normalized spacial score (nSPS) is 11.3. The molecule has 0 saturated heterocycles. The molecule has 134 valence electrons. The molecule has 1 aromatic carbocycles. The van der Waals surface area contributed by atoms with E-state index in [9.17, 15) is 0 Å². The molecule has 0 spiro atoms. The van der Waals surface area contributed by atoms with Gasteiger partial charge in [0.15, 0.2) is 0 Å². The zero-order valence-corrected chi connectivity index (χ0v) is 17.9. The van der Waals surface area contributed by atoms with Crippen LogP contribution in [0.3, 0.4) is 0 Å². The van der Waals surface area contributed by atoms with E-state index in [2.05, 4.69) is 53.7 Å². The minimum atomic E-state index is 0.507. The predicted octanol–water partition coefficient (Wildman–Crippen LogP) is 5.87. The van der Waals surface area contributed by atoms with Gasteiger partial charge in [-0.25, -0.2) is 9.98 Å². The number of fused-ring (bicyclic) bond motifs is 1. The van der Waals surface area contributed by atoms with Gasteiger partial charge in [-0.05, 0) is 76.0 Å². The first-order valence-electron chi connectivity index (χ1n) is 8.11. The molecule has 5 nitrogen and oxygen atoms in total. The highest BCUT2D eigenvalue weighted by Crippen LogP contribution is 2.33. The van der Waals surface area contributed by atoms with Crippen LogP contribution >= 0.6 is 31.9 Å². The van der Waals surface area contributed by atoms with Crippen LogP contribution in [0.2, 0.25) is 0 Å². The summed E-state index contributed by atoms with van der Waals surface area (Å²) in [5.74, 6) is 1.21. The summed E-state index contributed by atoms with van der Waals surface area (Å²) in [6.45, 7) is 4.88. The lowest BCUT2D eigenvalue weighted by molar-refractivity contribution is 0.459. The number of aliphatic imine (C=N–C) groups is 1. The lowest BCUT2D eigenvalue weighted by Crippen LogP contribution is -2.14. The largest absolute Gasteiger partial charge is 0.438 e. The van der Waals surface area contributed by atoms with Gasteiger partial charge >= 0.3 is 0 Å². The van der Waals surface area contributed by atoms with E-state index in [0.717, 1.165) is 37.8 Å². The van der Waals surface area contributed by atoms with E-state index >= 15 is 0 Å². The second kappa shape index (κ2) is 8.14. The summed E-state index contributed by atoms with van der Waals surface area (Å²) >= 11 is 6.97. The van der Waals surface area contributed by atoms with Crippen molar-refractivity contribution in [1.29, 1.82) is 0 Å². The molecule has 0 aliphatic rings. The Morgan fingerprint density at radius 1 is 1.23 bits per heavy atom. The molecular formula is C19H18Br2N4O. The number of aromatic nitrogens is 2. The summed E-state index contributed by atoms with van der Waals surface area (Å²) in [5, 5.41) is 0.994. The molecule has 26 heavy (non-hydrogen) atoms. The quantitative estimate of drug-likeness (QED) is 0.340. The second-order valence-corrected chi connectivity index (χ2v) is 7.58. The molecule has 0 amide bonds. The van der Waals surface area contributed by atoms with Crippen molar-refractivity contribution < 1.29 is 4.74 Å². The predicted molar refractivity (Wildman–Crippen MR) is 113 cm³/mol. The SMILES string of the molecule is CCN(C)/C=N/c1cc(Br)c(Oc2ccc3ncc(Br)cc3c2)nc1C. The third-order valence-corrected chi connectivity index (χ3v) is 4.84. The molecule has 0 radical (unpaired) electrons. The molecule has 0 unspecified atom stereocenters. The van der Waals surface area contributed by atoms with E-state index in [-0.39, 0.29) is 0 Å². The van der Waals surface area contributed by atoms with E-state index < -0.39 is 0 Å². The number of aryl methyl sites for hydroxylation is 1. The first kappa shape index (κ1) is 18.8. The van der Waals surface area contributed by atoms with E-state index in [1.54, 1.807) is 12.5 Å². The molecule has 3 rings (SSSR count). The van der Waals surface area contributed by atoms with Gasteiger partial charge < -0.3 is 9.64 Å². The summed E-state index contributed by atoms with van der Waals surface area (Å²) < 4.78 is 7.66. The van der Waals surface area contributed by atoms with Crippen LogP contribution in [-0.4, -0.2) is 34.8 Å². The average Bonchev–Trinajstić information content (AvgIpc) is 2.62. The van der Waals surface area contributed by atoms with Crippen LogP contribution in [0.15, 0.2) is 50.5 Å². The smallest absolute Gasteiger partial charge is 0.233 e. The molecule has 0 atom stereocenters. The Labute approximate surface area is 169 Å². The number of ether oxygens (including phenoxy) is 1. The first-order valence-corrected chi connectivity index (χ1v) is 9.69. The van der Waals surface area contributed by atoms with Gasteiger partial charge in [-0.3, -0.25) is 4.98 Å². The van der Waals surface area contributed by atoms with E-state index in [0.29, 0.717) is 11.6 Å². The summed E-state index contributed by atoms with van der Waals surface area (Å²) in [5.41, 5.74) is 2.51. The Bertz CT molecular complexity index is 975. The Kier molecular flexibility index (Phi) is 5.88. The molecule has 0 aliphatic heterocycles. The zero-order valence-electron chi connectivity index (χ0n) is 14.7. The van der Waals surface area contributed by atoms with Gasteiger partial charge in [0.1, 0.15) is 5.75 Å². The molecule has 2 aromatic heterocycles.